The third-order valence-electron chi connectivity index (χ3n) is 4.24. The van der Waals surface area contributed by atoms with E-state index in [4.69, 9.17) is 4.74 Å². The maximum absolute atomic E-state index is 12.6. The molecular formula is C22H27BrN2O4. The molecule has 0 fully saturated rings. The highest BCUT2D eigenvalue weighted by molar-refractivity contribution is 9.10. The summed E-state index contributed by atoms with van der Waals surface area (Å²) in [4.78, 5) is 30.6. The smallest absolute Gasteiger partial charge is 0.410 e. The van der Waals surface area contributed by atoms with Crippen LogP contribution in [0, 0.1) is 6.92 Å². The highest BCUT2D eigenvalue weighted by atomic mass is 79.9. The first-order valence-electron chi connectivity index (χ1n) is 9.41. The number of carbonyl (C=O) groups excluding carboxylic acids is 2. The van der Waals surface area contributed by atoms with Crippen LogP contribution in [-0.2, 0) is 17.7 Å². The average Bonchev–Trinajstić information content (AvgIpc) is 2.64. The summed E-state index contributed by atoms with van der Waals surface area (Å²) in [5.74, 6) is -0.0721. The van der Waals surface area contributed by atoms with Gasteiger partial charge in [0.1, 0.15) is 11.3 Å². The van der Waals surface area contributed by atoms with Gasteiger partial charge in [-0.2, -0.15) is 0 Å². The number of halogens is 1. The predicted molar refractivity (Wildman–Crippen MR) is 115 cm³/mol. The lowest BCUT2D eigenvalue weighted by Gasteiger charge is -2.27. The van der Waals surface area contributed by atoms with Crippen molar-refractivity contribution in [3.63, 3.8) is 0 Å². The molecule has 0 radical (unpaired) electrons. The number of ether oxygens (including phenoxy) is 1. The molecule has 2 rings (SSSR count). The Kier molecular flexibility index (Phi) is 7.93. The fourth-order valence-electron chi connectivity index (χ4n) is 2.69. The lowest BCUT2D eigenvalue weighted by atomic mass is 10.0. The summed E-state index contributed by atoms with van der Waals surface area (Å²) < 4.78 is 6.34. The summed E-state index contributed by atoms with van der Waals surface area (Å²) in [6.45, 7) is 7.55. The second kappa shape index (κ2) is 9.98. The normalized spacial score (nSPS) is 11.2. The van der Waals surface area contributed by atoms with Crippen molar-refractivity contribution in [2.24, 2.45) is 0 Å². The number of carbonyl (C=O) groups is 2. The molecule has 0 bridgehead atoms. The summed E-state index contributed by atoms with van der Waals surface area (Å²) in [6.07, 6.45) is 1.35. The van der Waals surface area contributed by atoms with Crippen molar-refractivity contribution in [2.45, 2.75) is 46.3 Å². The summed E-state index contributed by atoms with van der Waals surface area (Å²) in [6, 6.07) is 9.21. The Morgan fingerprint density at radius 1 is 1.21 bits per heavy atom. The lowest BCUT2D eigenvalue weighted by Crippen LogP contribution is -2.38. The number of pyridine rings is 1. The number of nitrogens with zero attached hydrogens (tertiary/aromatic N) is 2. The zero-order valence-electron chi connectivity index (χ0n) is 17.2. The Labute approximate surface area is 180 Å². The summed E-state index contributed by atoms with van der Waals surface area (Å²) in [5, 5.41) is 9.25. The van der Waals surface area contributed by atoms with Gasteiger partial charge in [-0.25, -0.2) is 4.79 Å². The van der Waals surface area contributed by atoms with Gasteiger partial charge in [0.2, 0.25) is 0 Å². The van der Waals surface area contributed by atoms with Gasteiger partial charge in [0, 0.05) is 23.6 Å². The van der Waals surface area contributed by atoms with E-state index in [0.717, 1.165) is 21.2 Å². The fraction of sp³-hybridized carbons (Fsp3) is 0.409. The standard InChI is InChI=1S/C22H27BrN2O4/c1-15-17(6-5-7-18(15)23)12-20(27)19-9-8-16(13-24-19)14-25(10-11-26)21(28)29-22(2,3)4/h5-9,13,26H,10-12,14H2,1-4H3. The van der Waals surface area contributed by atoms with Crippen LogP contribution in [0.2, 0.25) is 0 Å². The molecule has 1 N–H and O–H groups in total. The Morgan fingerprint density at radius 2 is 1.93 bits per heavy atom. The molecule has 1 aromatic heterocycles. The van der Waals surface area contributed by atoms with Gasteiger partial charge in [-0.05, 0) is 56.5 Å². The van der Waals surface area contributed by atoms with Crippen molar-refractivity contribution in [3.05, 3.63) is 63.4 Å². The molecule has 1 aromatic carbocycles. The number of Topliss-reactive ketones (excluding diaryl/α,β-unsaturated/α-hetero) is 1. The number of ketones is 1. The number of benzene rings is 1. The van der Waals surface area contributed by atoms with Crippen molar-refractivity contribution >= 4 is 27.8 Å². The van der Waals surface area contributed by atoms with Crippen molar-refractivity contribution in [1.82, 2.24) is 9.88 Å². The zero-order valence-corrected chi connectivity index (χ0v) is 18.8. The van der Waals surface area contributed by atoms with Crippen LogP contribution < -0.4 is 0 Å². The molecule has 0 saturated heterocycles. The number of aromatic nitrogens is 1. The average molecular weight is 463 g/mol. The van der Waals surface area contributed by atoms with E-state index in [0.29, 0.717) is 5.69 Å². The second-order valence-electron chi connectivity index (χ2n) is 7.80. The molecule has 0 unspecified atom stereocenters. The Hall–Kier alpha value is -2.25. The van der Waals surface area contributed by atoms with E-state index in [9.17, 15) is 14.7 Å². The first-order valence-corrected chi connectivity index (χ1v) is 10.2. The predicted octanol–water partition coefficient (Wildman–Crippen LogP) is 4.31. The molecule has 7 heteroatoms. The second-order valence-corrected chi connectivity index (χ2v) is 8.66. The molecule has 1 heterocycles. The van der Waals surface area contributed by atoms with Gasteiger partial charge in [0.05, 0.1) is 13.2 Å². The van der Waals surface area contributed by atoms with Crippen molar-refractivity contribution < 1.29 is 19.4 Å². The Balaban J connectivity index is 2.07. The fourth-order valence-corrected chi connectivity index (χ4v) is 3.10. The summed E-state index contributed by atoms with van der Waals surface area (Å²) >= 11 is 3.48. The van der Waals surface area contributed by atoms with Crippen LogP contribution in [0.25, 0.3) is 0 Å². The lowest BCUT2D eigenvalue weighted by molar-refractivity contribution is 0.0201. The van der Waals surface area contributed by atoms with Gasteiger partial charge in [0.25, 0.3) is 0 Å². The van der Waals surface area contributed by atoms with E-state index in [-0.39, 0.29) is 31.9 Å². The molecule has 0 aliphatic heterocycles. The van der Waals surface area contributed by atoms with Crippen LogP contribution in [0.3, 0.4) is 0 Å². The summed E-state index contributed by atoms with van der Waals surface area (Å²) in [7, 11) is 0. The van der Waals surface area contributed by atoms with Crippen LogP contribution >= 0.6 is 15.9 Å². The van der Waals surface area contributed by atoms with Crippen molar-refractivity contribution in [2.75, 3.05) is 13.2 Å². The van der Waals surface area contributed by atoms with Gasteiger partial charge in [0.15, 0.2) is 5.78 Å². The minimum atomic E-state index is -0.621. The third-order valence-corrected chi connectivity index (χ3v) is 5.10. The molecule has 0 saturated carbocycles. The SMILES string of the molecule is Cc1c(Br)cccc1CC(=O)c1ccc(CN(CCO)C(=O)OC(C)(C)C)cn1. The number of rotatable bonds is 7. The van der Waals surface area contributed by atoms with Crippen LogP contribution in [0.15, 0.2) is 41.0 Å². The monoisotopic (exact) mass is 462 g/mol. The maximum Gasteiger partial charge on any atom is 0.410 e. The molecule has 1 amide bonds. The van der Waals surface area contributed by atoms with E-state index in [2.05, 4.69) is 20.9 Å². The molecule has 156 valence electrons. The molecule has 0 aliphatic rings. The molecule has 0 atom stereocenters. The third kappa shape index (κ3) is 6.94. The maximum atomic E-state index is 12.6. The van der Waals surface area contributed by atoms with Gasteiger partial charge < -0.3 is 14.7 Å². The highest BCUT2D eigenvalue weighted by Crippen LogP contribution is 2.21. The first-order chi connectivity index (χ1) is 13.6. The van der Waals surface area contributed by atoms with Crippen molar-refractivity contribution in [1.29, 1.82) is 0 Å². The minimum Gasteiger partial charge on any atom is -0.444 e. The van der Waals surface area contributed by atoms with Crippen molar-refractivity contribution in [3.8, 4) is 0 Å². The topological polar surface area (TPSA) is 79.7 Å². The molecule has 2 aromatic rings. The quantitative estimate of drug-likeness (QED) is 0.620. The van der Waals surface area contributed by atoms with Gasteiger partial charge in [-0.15, -0.1) is 0 Å². The molecule has 0 aliphatic carbocycles. The van der Waals surface area contributed by atoms with Gasteiger partial charge >= 0.3 is 6.09 Å². The molecule has 29 heavy (non-hydrogen) atoms. The van der Waals surface area contributed by atoms with Crippen LogP contribution in [0.5, 0.6) is 0 Å². The number of hydrogen-bond donors (Lipinski definition) is 1. The highest BCUT2D eigenvalue weighted by Gasteiger charge is 2.22. The largest absolute Gasteiger partial charge is 0.444 e. The van der Waals surface area contributed by atoms with Crippen LogP contribution in [0.4, 0.5) is 4.79 Å². The van der Waals surface area contributed by atoms with Crippen LogP contribution in [0.1, 0.15) is 48.0 Å². The van der Waals surface area contributed by atoms with E-state index in [1.54, 1.807) is 39.1 Å². The molecule has 6 nitrogen and oxygen atoms in total. The number of aliphatic hydroxyl groups is 1. The van der Waals surface area contributed by atoms with E-state index in [1.807, 2.05) is 25.1 Å². The Bertz CT molecular complexity index is 860. The van der Waals surface area contributed by atoms with Crippen LogP contribution in [-0.4, -0.2) is 45.6 Å². The Morgan fingerprint density at radius 3 is 2.52 bits per heavy atom. The molecular weight excluding hydrogens is 436 g/mol. The number of amides is 1. The first kappa shape index (κ1) is 23.0. The van der Waals surface area contributed by atoms with Gasteiger partial charge in [-0.3, -0.25) is 9.78 Å². The van der Waals surface area contributed by atoms with E-state index >= 15 is 0 Å². The van der Waals surface area contributed by atoms with Gasteiger partial charge in [-0.1, -0.05) is 34.1 Å². The number of aliphatic hydroxyl groups excluding tert-OH is 1. The number of hydrogen-bond acceptors (Lipinski definition) is 5. The minimum absolute atomic E-state index is 0.0721. The van der Waals surface area contributed by atoms with E-state index < -0.39 is 11.7 Å². The summed E-state index contributed by atoms with van der Waals surface area (Å²) in [5.41, 5.74) is 2.49. The van der Waals surface area contributed by atoms with E-state index in [1.165, 1.54) is 4.90 Å². The zero-order chi connectivity index (χ0) is 21.6. The molecule has 0 spiro atoms.